The minimum Gasteiger partial charge on any atom is -0.508 e. The van der Waals surface area contributed by atoms with E-state index in [0.717, 1.165) is 12.8 Å². The molecular weight excluding hydrogens is 308 g/mol. The minimum atomic E-state index is -0.753. The van der Waals surface area contributed by atoms with Crippen molar-refractivity contribution in [2.24, 2.45) is 0 Å². The van der Waals surface area contributed by atoms with E-state index in [1.165, 1.54) is 12.1 Å². The monoisotopic (exact) mass is 334 g/mol. The first-order chi connectivity index (χ1) is 11.1. The predicted octanol–water partition coefficient (Wildman–Crippen LogP) is 1.26. The second-order valence-corrected chi connectivity index (χ2v) is 7.60. The Bertz CT molecular complexity index is 595. The highest BCUT2D eigenvalue weighted by atomic mass is 16.3. The van der Waals surface area contributed by atoms with E-state index in [0.29, 0.717) is 5.69 Å². The van der Waals surface area contributed by atoms with Crippen molar-refractivity contribution in [1.29, 1.82) is 0 Å². The number of anilines is 1. The highest BCUT2D eigenvalue weighted by molar-refractivity contribution is 6.35. The zero-order chi connectivity index (χ0) is 18.0. The molecule has 1 aromatic carbocycles. The van der Waals surface area contributed by atoms with Crippen LogP contribution < -0.4 is 21.5 Å². The third-order valence-electron chi connectivity index (χ3n) is 3.92. The van der Waals surface area contributed by atoms with Crippen molar-refractivity contribution in [2.45, 2.75) is 57.7 Å². The summed E-state index contributed by atoms with van der Waals surface area (Å²) in [7, 11) is 0. The molecule has 24 heavy (non-hydrogen) atoms. The van der Waals surface area contributed by atoms with Gasteiger partial charge in [0.05, 0.1) is 5.69 Å². The molecule has 1 aliphatic rings. The number of carbonyl (C=O) groups is 2. The van der Waals surface area contributed by atoms with E-state index >= 15 is 0 Å². The standard InChI is InChI=1S/C17H26N4O3/c1-16(2)9-12(10-17(3,4)21-16)18-14(23)15(24)20-19-11-5-7-13(22)8-6-11/h5-8,12,19,21-22H,9-10H2,1-4H3,(H,18,23)(H,20,24). The number of amides is 2. The number of rotatable bonds is 3. The van der Waals surface area contributed by atoms with Gasteiger partial charge in [-0.05, 0) is 64.8 Å². The lowest BCUT2D eigenvalue weighted by Crippen LogP contribution is -2.63. The Morgan fingerprint density at radius 2 is 1.58 bits per heavy atom. The van der Waals surface area contributed by atoms with Crippen molar-refractivity contribution in [2.75, 3.05) is 5.43 Å². The van der Waals surface area contributed by atoms with E-state index in [1.807, 2.05) is 0 Å². The van der Waals surface area contributed by atoms with Gasteiger partial charge in [-0.25, -0.2) is 0 Å². The topological polar surface area (TPSA) is 102 Å². The van der Waals surface area contributed by atoms with E-state index < -0.39 is 11.8 Å². The zero-order valence-electron chi connectivity index (χ0n) is 14.6. The highest BCUT2D eigenvalue weighted by Crippen LogP contribution is 2.28. The molecule has 0 spiro atoms. The second kappa shape index (κ2) is 6.68. The number of aromatic hydroxyl groups is 1. The van der Waals surface area contributed by atoms with Crippen LogP contribution in [0.15, 0.2) is 24.3 Å². The van der Waals surface area contributed by atoms with Crippen LogP contribution in [-0.4, -0.2) is 34.0 Å². The molecule has 1 saturated heterocycles. The molecule has 7 nitrogen and oxygen atoms in total. The number of benzene rings is 1. The van der Waals surface area contributed by atoms with E-state index in [9.17, 15) is 14.7 Å². The summed E-state index contributed by atoms with van der Waals surface area (Å²) in [6.45, 7) is 8.33. The molecule has 0 radical (unpaired) electrons. The zero-order valence-corrected chi connectivity index (χ0v) is 14.6. The van der Waals surface area contributed by atoms with Crippen molar-refractivity contribution in [1.82, 2.24) is 16.1 Å². The van der Waals surface area contributed by atoms with Crippen LogP contribution in [0.3, 0.4) is 0 Å². The Labute approximate surface area is 142 Å². The smallest absolute Gasteiger partial charge is 0.327 e. The van der Waals surface area contributed by atoms with Crippen molar-refractivity contribution >= 4 is 17.5 Å². The van der Waals surface area contributed by atoms with Gasteiger partial charge in [0.15, 0.2) is 0 Å². The average molecular weight is 334 g/mol. The molecule has 0 unspecified atom stereocenters. The molecule has 5 N–H and O–H groups in total. The van der Waals surface area contributed by atoms with Crippen LogP contribution >= 0.6 is 0 Å². The fraction of sp³-hybridized carbons (Fsp3) is 0.529. The van der Waals surface area contributed by atoms with Gasteiger partial charge in [0.2, 0.25) is 0 Å². The molecule has 0 aromatic heterocycles. The van der Waals surface area contributed by atoms with E-state index in [1.54, 1.807) is 12.1 Å². The van der Waals surface area contributed by atoms with Gasteiger partial charge in [0.25, 0.3) is 0 Å². The number of hydrogen-bond donors (Lipinski definition) is 5. The summed E-state index contributed by atoms with van der Waals surface area (Å²) in [5.41, 5.74) is 5.34. The van der Waals surface area contributed by atoms with Gasteiger partial charge in [-0.1, -0.05) is 0 Å². The lowest BCUT2D eigenvalue weighted by atomic mass is 9.79. The predicted molar refractivity (Wildman–Crippen MR) is 92.3 cm³/mol. The molecule has 1 fully saturated rings. The second-order valence-electron chi connectivity index (χ2n) is 7.60. The molecule has 0 saturated carbocycles. The first-order valence-electron chi connectivity index (χ1n) is 8.02. The number of hydrazine groups is 1. The van der Waals surface area contributed by atoms with Crippen LogP contribution in [0.5, 0.6) is 5.75 Å². The lowest BCUT2D eigenvalue weighted by molar-refractivity contribution is -0.139. The fourth-order valence-electron chi connectivity index (χ4n) is 3.41. The van der Waals surface area contributed by atoms with Crippen LogP contribution in [0, 0.1) is 0 Å². The molecule has 0 aliphatic carbocycles. The van der Waals surface area contributed by atoms with Gasteiger partial charge in [0, 0.05) is 17.1 Å². The molecular formula is C17H26N4O3. The molecule has 7 heteroatoms. The lowest BCUT2D eigenvalue weighted by Gasteiger charge is -2.46. The minimum absolute atomic E-state index is 0.0665. The van der Waals surface area contributed by atoms with Gasteiger partial charge < -0.3 is 15.7 Å². The quantitative estimate of drug-likeness (QED) is 0.325. The number of hydrogen-bond acceptors (Lipinski definition) is 5. The molecule has 0 atom stereocenters. The number of phenols is 1. The summed E-state index contributed by atoms with van der Waals surface area (Å²) in [5.74, 6) is -1.29. The summed E-state index contributed by atoms with van der Waals surface area (Å²) in [6.07, 6.45) is 1.50. The third-order valence-corrected chi connectivity index (χ3v) is 3.92. The van der Waals surface area contributed by atoms with E-state index in [4.69, 9.17) is 0 Å². The summed E-state index contributed by atoms with van der Waals surface area (Å²) < 4.78 is 0. The average Bonchev–Trinajstić information content (AvgIpc) is 2.42. The molecule has 1 aromatic rings. The Morgan fingerprint density at radius 3 is 2.12 bits per heavy atom. The Balaban J connectivity index is 1.87. The highest BCUT2D eigenvalue weighted by Gasteiger charge is 2.38. The number of piperidine rings is 1. The molecule has 1 aliphatic heterocycles. The number of phenolic OH excluding ortho intramolecular Hbond substituents is 1. The van der Waals surface area contributed by atoms with Crippen LogP contribution in [-0.2, 0) is 9.59 Å². The largest absolute Gasteiger partial charge is 0.508 e. The fourth-order valence-corrected chi connectivity index (χ4v) is 3.41. The number of nitrogens with one attached hydrogen (secondary N) is 4. The Hall–Kier alpha value is -2.28. The molecule has 2 amide bonds. The van der Waals surface area contributed by atoms with Crippen LogP contribution in [0.1, 0.15) is 40.5 Å². The van der Waals surface area contributed by atoms with E-state index in [-0.39, 0.29) is 22.9 Å². The summed E-state index contributed by atoms with van der Waals surface area (Å²) in [6, 6.07) is 6.07. The summed E-state index contributed by atoms with van der Waals surface area (Å²) in [5, 5.41) is 15.5. The third kappa shape index (κ3) is 5.13. The van der Waals surface area contributed by atoms with Crippen LogP contribution in [0.25, 0.3) is 0 Å². The van der Waals surface area contributed by atoms with Crippen LogP contribution in [0.2, 0.25) is 0 Å². The van der Waals surface area contributed by atoms with Gasteiger partial charge in [-0.2, -0.15) is 0 Å². The maximum absolute atomic E-state index is 12.1. The van der Waals surface area contributed by atoms with Crippen molar-refractivity contribution < 1.29 is 14.7 Å². The van der Waals surface area contributed by atoms with Gasteiger partial charge in [-0.15, -0.1) is 0 Å². The molecule has 1 heterocycles. The molecule has 0 bridgehead atoms. The van der Waals surface area contributed by atoms with Crippen molar-refractivity contribution in [3.63, 3.8) is 0 Å². The summed E-state index contributed by atoms with van der Waals surface area (Å²) in [4.78, 5) is 24.0. The maximum atomic E-state index is 12.1. The normalized spacial score (nSPS) is 19.3. The Kier molecular flexibility index (Phi) is 5.03. The SMILES string of the molecule is CC1(C)CC(NC(=O)C(=O)NNc2ccc(O)cc2)CC(C)(C)N1. The first kappa shape index (κ1) is 18.1. The molecule has 2 rings (SSSR count). The van der Waals surface area contributed by atoms with Gasteiger partial charge in [-0.3, -0.25) is 20.4 Å². The van der Waals surface area contributed by atoms with Gasteiger partial charge in [0.1, 0.15) is 5.75 Å². The maximum Gasteiger partial charge on any atom is 0.327 e. The summed E-state index contributed by atoms with van der Waals surface area (Å²) >= 11 is 0. The molecule has 132 valence electrons. The van der Waals surface area contributed by atoms with Crippen LogP contribution in [0.4, 0.5) is 5.69 Å². The number of carbonyl (C=O) groups excluding carboxylic acids is 2. The van der Waals surface area contributed by atoms with Gasteiger partial charge >= 0.3 is 11.8 Å². The first-order valence-corrected chi connectivity index (χ1v) is 8.02. The Morgan fingerprint density at radius 1 is 1.04 bits per heavy atom. The van der Waals surface area contributed by atoms with Crippen molar-refractivity contribution in [3.8, 4) is 5.75 Å². The van der Waals surface area contributed by atoms with Crippen molar-refractivity contribution in [3.05, 3.63) is 24.3 Å². The van der Waals surface area contributed by atoms with E-state index in [2.05, 4.69) is 49.2 Å².